The molecule has 0 radical (unpaired) electrons. The quantitative estimate of drug-likeness (QED) is 0.280. The molecule has 0 aromatic carbocycles. The summed E-state index contributed by atoms with van der Waals surface area (Å²) in [6, 6.07) is 0. The number of esters is 2. The molecule has 0 aliphatic heterocycles. The van der Waals surface area contributed by atoms with E-state index in [1.54, 1.807) is 6.92 Å². The fourth-order valence-corrected chi connectivity index (χ4v) is 4.50. The summed E-state index contributed by atoms with van der Waals surface area (Å²) in [5.74, 6) is -0.691. The molecule has 0 saturated carbocycles. The second-order valence-corrected chi connectivity index (χ2v) is 21.0. The number of ether oxygens (including phenoxy) is 2. The number of aliphatic hydroxyl groups excluding tert-OH is 2. The van der Waals surface area contributed by atoms with Crippen molar-refractivity contribution in [1.29, 1.82) is 0 Å². The minimum absolute atomic E-state index is 0.0941. The summed E-state index contributed by atoms with van der Waals surface area (Å²) in [6.07, 6.45) is -1.10. The van der Waals surface area contributed by atoms with Crippen molar-refractivity contribution in [3.63, 3.8) is 0 Å². The molecule has 0 bridgehead atoms. The molecule has 0 saturated heterocycles. The van der Waals surface area contributed by atoms with E-state index >= 15 is 0 Å². The monoisotopic (exact) mass is 524 g/mol. The molecule has 0 aromatic heterocycles. The van der Waals surface area contributed by atoms with Crippen molar-refractivity contribution in [2.75, 3.05) is 26.4 Å². The Bertz CT molecular complexity index is 595. The molecule has 0 aromatic rings. The highest BCUT2D eigenvalue weighted by Gasteiger charge is 2.41. The Morgan fingerprint density at radius 2 is 1.21 bits per heavy atom. The van der Waals surface area contributed by atoms with Gasteiger partial charge in [0.2, 0.25) is 0 Å². The van der Waals surface area contributed by atoms with Crippen LogP contribution < -0.4 is 0 Å². The predicted octanol–water partition coefficient (Wildman–Crippen LogP) is 4.64. The van der Waals surface area contributed by atoms with Crippen molar-refractivity contribution in [2.24, 2.45) is 0 Å². The van der Waals surface area contributed by atoms with Crippen molar-refractivity contribution in [3.8, 4) is 0 Å². The average Bonchev–Trinajstić information content (AvgIpc) is 2.65. The van der Waals surface area contributed by atoms with Crippen LogP contribution >= 0.6 is 0 Å². The maximum Gasteiger partial charge on any atom is 0.308 e. The van der Waals surface area contributed by atoms with Crippen LogP contribution in [0, 0.1) is 0 Å². The molecule has 34 heavy (non-hydrogen) atoms. The fourth-order valence-electron chi connectivity index (χ4n) is 2.13. The molecule has 2 N–H and O–H groups in total. The van der Waals surface area contributed by atoms with Gasteiger partial charge in [-0.05, 0) is 50.1 Å². The summed E-state index contributed by atoms with van der Waals surface area (Å²) < 4.78 is 22.4. The molecule has 0 heterocycles. The van der Waals surface area contributed by atoms with Gasteiger partial charge in [-0.15, -0.1) is 0 Å². The van der Waals surface area contributed by atoms with Gasteiger partial charge >= 0.3 is 11.9 Å². The Morgan fingerprint density at radius 3 is 1.56 bits per heavy atom. The highest BCUT2D eigenvalue weighted by molar-refractivity contribution is 6.74. The van der Waals surface area contributed by atoms with Crippen LogP contribution in [0.3, 0.4) is 0 Å². The lowest BCUT2D eigenvalue weighted by atomic mass is 10.2. The lowest BCUT2D eigenvalue weighted by Crippen LogP contribution is -2.48. The van der Waals surface area contributed by atoms with Crippen molar-refractivity contribution in [2.45, 2.75) is 117 Å². The third-order valence-electron chi connectivity index (χ3n) is 6.32. The summed E-state index contributed by atoms with van der Waals surface area (Å²) in [7, 11) is -3.85. The van der Waals surface area contributed by atoms with Crippen LogP contribution in [0.25, 0.3) is 0 Å². The highest BCUT2D eigenvalue weighted by atomic mass is 28.4. The largest absolute Gasteiger partial charge is 0.466 e. The van der Waals surface area contributed by atoms with Crippen molar-refractivity contribution < 1.29 is 38.1 Å². The zero-order valence-electron chi connectivity index (χ0n) is 23.7. The van der Waals surface area contributed by atoms with Gasteiger partial charge in [0.15, 0.2) is 16.6 Å². The molecule has 0 fully saturated rings. The summed E-state index contributed by atoms with van der Waals surface area (Å²) in [5.41, 5.74) is 0. The summed E-state index contributed by atoms with van der Waals surface area (Å²) in [4.78, 5) is 22.5. The van der Waals surface area contributed by atoms with E-state index in [1.807, 2.05) is 6.92 Å². The maximum atomic E-state index is 12.0. The number of hydrogen-bond acceptors (Lipinski definition) is 8. The molecule has 0 amide bonds. The van der Waals surface area contributed by atoms with Crippen LogP contribution in [0.5, 0.6) is 0 Å². The molecule has 0 aliphatic carbocycles. The number of carbonyl (C=O) groups excluding carboxylic acids is 2. The van der Waals surface area contributed by atoms with E-state index in [2.05, 4.69) is 72.5 Å². The molecule has 2 atom stereocenters. The van der Waals surface area contributed by atoms with E-state index in [0.29, 0.717) is 19.8 Å². The smallest absolute Gasteiger partial charge is 0.308 e. The number of carbonyl (C=O) groups is 2. The molecular weight excluding hydrogens is 472 g/mol. The standard InChI is InChI=1S/C18H40O4Si2.C6H12O4/c1-12-20-16(19)13-15(22-24(10,11)18(5,6)7)14-21-23(8,9)17(2,3)4;1-2-10-6(9)3-5(8)4-7/h15H,12-14H2,1-11H3;5,7-8H,2-4H2,1H3/t15-;5-/m00/s1. The Balaban J connectivity index is 0. The first-order valence-electron chi connectivity index (χ1n) is 12.2. The van der Waals surface area contributed by atoms with E-state index < -0.39 is 35.3 Å². The van der Waals surface area contributed by atoms with E-state index in [0.717, 1.165) is 0 Å². The van der Waals surface area contributed by atoms with Gasteiger partial charge in [0.25, 0.3) is 0 Å². The van der Waals surface area contributed by atoms with E-state index in [4.69, 9.17) is 23.8 Å². The molecular formula is C24H52O8Si2. The first-order valence-corrected chi connectivity index (χ1v) is 18.0. The van der Waals surface area contributed by atoms with E-state index in [1.165, 1.54) is 0 Å². The lowest BCUT2D eigenvalue weighted by Gasteiger charge is -2.41. The van der Waals surface area contributed by atoms with Gasteiger partial charge in [-0.25, -0.2) is 0 Å². The highest BCUT2D eigenvalue weighted by Crippen LogP contribution is 2.39. The first kappa shape index (κ1) is 35.4. The summed E-state index contributed by atoms with van der Waals surface area (Å²) in [6.45, 7) is 26.4. The van der Waals surface area contributed by atoms with Crippen LogP contribution in [0.2, 0.25) is 36.3 Å². The van der Waals surface area contributed by atoms with Crippen molar-refractivity contribution in [3.05, 3.63) is 0 Å². The van der Waals surface area contributed by atoms with Gasteiger partial charge in [0.1, 0.15) is 0 Å². The van der Waals surface area contributed by atoms with Crippen LogP contribution in [-0.2, 0) is 27.9 Å². The third kappa shape index (κ3) is 14.6. The van der Waals surface area contributed by atoms with Crippen molar-refractivity contribution >= 4 is 28.6 Å². The zero-order valence-corrected chi connectivity index (χ0v) is 25.7. The Labute approximate surface area is 210 Å². The molecule has 0 unspecified atom stereocenters. The molecule has 0 spiro atoms. The first-order chi connectivity index (χ1) is 15.2. The minimum Gasteiger partial charge on any atom is -0.466 e. The molecule has 0 rings (SSSR count). The Morgan fingerprint density at radius 1 is 0.794 bits per heavy atom. The van der Waals surface area contributed by atoms with Crippen LogP contribution in [0.4, 0.5) is 0 Å². The van der Waals surface area contributed by atoms with Gasteiger partial charge in [-0.1, -0.05) is 41.5 Å². The van der Waals surface area contributed by atoms with Crippen LogP contribution in [0.15, 0.2) is 0 Å². The predicted molar refractivity (Wildman–Crippen MR) is 141 cm³/mol. The average molecular weight is 525 g/mol. The normalized spacial score (nSPS) is 14.5. The van der Waals surface area contributed by atoms with Gasteiger partial charge in [-0.2, -0.15) is 0 Å². The minimum atomic E-state index is -1.97. The third-order valence-corrected chi connectivity index (χ3v) is 15.4. The SMILES string of the molecule is CCOC(=O)C[C@@H](CO[Si](C)(C)C(C)(C)C)O[Si](C)(C)C(C)(C)C.CCOC(=O)C[C@H](O)CO. The van der Waals surface area contributed by atoms with Gasteiger partial charge < -0.3 is 28.5 Å². The van der Waals surface area contributed by atoms with Crippen LogP contribution in [-0.4, -0.2) is 77.4 Å². The second-order valence-electron chi connectivity index (χ2n) is 11.4. The van der Waals surface area contributed by atoms with Gasteiger partial charge in [0, 0.05) is 0 Å². The van der Waals surface area contributed by atoms with E-state index in [-0.39, 0.29) is 35.0 Å². The lowest BCUT2D eigenvalue weighted by molar-refractivity contribution is -0.146. The number of aliphatic hydroxyl groups is 2. The molecule has 204 valence electrons. The fraction of sp³-hybridized carbons (Fsp3) is 0.917. The Hall–Kier alpha value is -0.786. The van der Waals surface area contributed by atoms with Gasteiger partial charge in [0.05, 0.1) is 51.5 Å². The summed E-state index contributed by atoms with van der Waals surface area (Å²) >= 11 is 0. The van der Waals surface area contributed by atoms with E-state index in [9.17, 15) is 9.59 Å². The zero-order chi connectivity index (χ0) is 27.4. The van der Waals surface area contributed by atoms with Crippen LogP contribution in [0.1, 0.15) is 68.2 Å². The number of hydrogen-bond donors (Lipinski definition) is 2. The molecule has 8 nitrogen and oxygen atoms in total. The molecule has 0 aliphatic rings. The topological polar surface area (TPSA) is 112 Å². The maximum absolute atomic E-state index is 12.0. The second kappa shape index (κ2) is 15.4. The summed E-state index contributed by atoms with van der Waals surface area (Å²) in [5, 5.41) is 17.2. The Kier molecular flexibility index (Phi) is 16.0. The molecule has 10 heteroatoms. The van der Waals surface area contributed by atoms with Crippen molar-refractivity contribution in [1.82, 2.24) is 0 Å². The van der Waals surface area contributed by atoms with Gasteiger partial charge in [-0.3, -0.25) is 9.59 Å². The number of rotatable bonds is 12.